The number of carbonyl (C=O) groups is 12. The molecule has 115 heavy (non-hydrogen) atoms. The number of esters is 12. The van der Waals surface area contributed by atoms with Gasteiger partial charge in [0.15, 0.2) is 0 Å². The number of ether oxygens (including phenoxy) is 12. The van der Waals surface area contributed by atoms with Crippen molar-refractivity contribution >= 4 is 104 Å². The Morgan fingerprint density at radius 2 is 0.678 bits per heavy atom. The smallest absolute Gasteiger partial charge is 0.342 e. The predicted octanol–water partition coefficient (Wildman–Crippen LogP) is 16.9. The van der Waals surface area contributed by atoms with Crippen molar-refractivity contribution in [3.05, 3.63) is 366 Å². The molecule has 0 amide bonds. The number of benzene rings is 9. The Morgan fingerprint density at radius 1 is 0.322 bits per heavy atom. The fourth-order valence-electron chi connectivity index (χ4n) is 8.67. The highest BCUT2D eigenvalue weighted by molar-refractivity contribution is 6.08. The van der Waals surface area contributed by atoms with Gasteiger partial charge in [-0.15, -0.1) is 0 Å². The van der Waals surface area contributed by atoms with E-state index in [0.29, 0.717) is 56.2 Å². The fourth-order valence-corrected chi connectivity index (χ4v) is 8.67. The minimum atomic E-state index is -0.636. The minimum Gasteiger partial charge on any atom is -0.458 e. The van der Waals surface area contributed by atoms with Crippen LogP contribution in [0.5, 0.6) is 34.5 Å². The second-order valence-corrected chi connectivity index (χ2v) is 22.2. The molecule has 0 N–H and O–H groups in total. The molecule has 0 fully saturated rings. The summed E-state index contributed by atoms with van der Waals surface area (Å²) in [5.41, 5.74) is 2.30. The highest BCUT2D eigenvalue weighted by Crippen LogP contribution is 2.31. The molecule has 0 aliphatic rings. The van der Waals surface area contributed by atoms with Crippen LogP contribution in [-0.2, 0) is 57.2 Å². The molecule has 0 atom stereocenters. The number of carbonyl (C=O) groups excluding carboxylic acids is 12. The van der Waals surface area contributed by atoms with Crippen LogP contribution in [-0.4, -0.2) is 105 Å². The zero-order valence-electron chi connectivity index (χ0n) is 62.9. The third-order valence-electron chi connectivity index (χ3n) is 14.0. The molecule has 0 saturated carbocycles. The molecule has 0 saturated heterocycles. The van der Waals surface area contributed by atoms with Gasteiger partial charge in [0.05, 0.1) is 28.5 Å². The molecule has 0 spiro atoms. The molecule has 0 heterocycles. The van der Waals surface area contributed by atoms with Crippen molar-refractivity contribution in [2.24, 2.45) is 0 Å². The number of rotatable bonds is 29. The highest BCUT2D eigenvalue weighted by Gasteiger charge is 2.21. The molecule has 0 radical (unpaired) electrons. The highest BCUT2D eigenvalue weighted by atomic mass is 16.6. The summed E-state index contributed by atoms with van der Waals surface area (Å²) in [5, 5.41) is 4.90. The Balaban J connectivity index is 0.000000291. The Hall–Kier alpha value is -15.7. The average molecular weight is 1560 g/mol. The van der Waals surface area contributed by atoms with E-state index in [2.05, 4.69) is 77.1 Å². The van der Waals surface area contributed by atoms with Crippen molar-refractivity contribution < 1.29 is 114 Å². The number of hydrogen-bond acceptors (Lipinski definition) is 24. The van der Waals surface area contributed by atoms with E-state index in [1.807, 2.05) is 43.3 Å². The van der Waals surface area contributed by atoms with Gasteiger partial charge in [-0.2, -0.15) is 0 Å². The summed E-state index contributed by atoms with van der Waals surface area (Å²) in [6.45, 7) is 41.4. The van der Waals surface area contributed by atoms with E-state index in [1.54, 1.807) is 91.9 Å². The summed E-state index contributed by atoms with van der Waals surface area (Å²) in [4.78, 5) is 137. The maximum Gasteiger partial charge on any atom is 0.342 e. The van der Waals surface area contributed by atoms with Crippen molar-refractivity contribution in [2.75, 3.05) is 33.0 Å². The molecule has 0 bridgehead atoms. The third-order valence-corrected chi connectivity index (χ3v) is 14.0. The topological polar surface area (TPSA) is 316 Å². The molecule has 9 rings (SSSR count). The lowest BCUT2D eigenvalue weighted by atomic mass is 10.0. The zero-order valence-corrected chi connectivity index (χ0v) is 62.9. The van der Waals surface area contributed by atoms with Gasteiger partial charge in [-0.1, -0.05) is 176 Å². The Bertz CT molecular complexity index is 5110. The van der Waals surface area contributed by atoms with E-state index in [-0.39, 0.29) is 55.7 Å². The summed E-state index contributed by atoms with van der Waals surface area (Å²) in [6.07, 6.45) is 15.8. The molecule has 0 aliphatic heterocycles. The quantitative estimate of drug-likeness (QED) is 0.0105. The van der Waals surface area contributed by atoms with Crippen LogP contribution in [0.15, 0.2) is 333 Å². The number of allylic oxidation sites excluding steroid dienone is 1. The van der Waals surface area contributed by atoms with Gasteiger partial charge in [-0.3, -0.25) is 0 Å². The van der Waals surface area contributed by atoms with E-state index in [0.717, 1.165) is 63.6 Å². The van der Waals surface area contributed by atoms with Gasteiger partial charge in [0.25, 0.3) is 0 Å². The number of hydrogen-bond donors (Lipinski definition) is 0. The second-order valence-electron chi connectivity index (χ2n) is 22.2. The van der Waals surface area contributed by atoms with Crippen LogP contribution in [0.1, 0.15) is 76.0 Å². The fraction of sp³-hybridized carbons (Fsp3) is 0.0769. The Morgan fingerprint density at radius 3 is 1.15 bits per heavy atom. The monoisotopic (exact) mass is 1560 g/mol. The third kappa shape index (κ3) is 31.8. The summed E-state index contributed by atoms with van der Waals surface area (Å²) in [7, 11) is 0. The summed E-state index contributed by atoms with van der Waals surface area (Å²) in [5.74, 6) is -4.58. The first-order valence-corrected chi connectivity index (χ1v) is 34.0. The standard InChI is InChI=1S/3C17H14O4.2C14H14O4.C12H10O4/c1-3-9-20-17(19)14-6-5-13-11-15(21-16(18)4-2)8-7-12(13)10-14;1-3-11-20-17(19)16-13-8-6-5-7-12(13)9-10-14(16)21-15(18)4-2;1-3-9-20-17(19)14-10-12-7-5-6-8-13(12)11-15(14)21-16(18)4-2;1-4-9-17-14(16)11-5-7-12(8-6-11)18-13(15)10(2)3;1-3-5-10-17-14(16)11-6-8-12(9-7-11)18-13(15)4-2;1-3-11(13)16-10-7-5-9(6-8-10)12(14)15-4-2/h3-8,10-11H,1-2,9H2;3-10H,1-2,11H2;3-8,10-11H,1-2,9H2;4-8H,1-2,9H2,3H3;3-9H,2,10H2,1H3;3-8H,1-2H2. The van der Waals surface area contributed by atoms with Gasteiger partial charge in [0.2, 0.25) is 0 Å². The average Bonchev–Trinajstić information content (AvgIpc) is 0.806. The van der Waals surface area contributed by atoms with Crippen LogP contribution in [0.4, 0.5) is 0 Å². The Labute approximate surface area is 663 Å². The molecular weight excluding hydrogens is 1480 g/mol. The predicted molar refractivity (Wildman–Crippen MR) is 433 cm³/mol. The van der Waals surface area contributed by atoms with Gasteiger partial charge in [0.1, 0.15) is 78.7 Å². The molecule has 588 valence electrons. The molecule has 0 unspecified atom stereocenters. The molecule has 9 aromatic carbocycles. The van der Waals surface area contributed by atoms with Gasteiger partial charge < -0.3 is 56.8 Å². The SMILES string of the molecule is C=CC(=O)Oc1ccc(C(=O)OCC=CC)cc1.C=CCOC(=O)c1c(OC(=O)C=C)ccc2ccccc12.C=CCOC(=O)c1cc2ccccc2cc1OC(=O)C=C.C=CCOC(=O)c1ccc(OC(=O)C(=C)C)cc1.C=CCOC(=O)c1ccc2cc(OC(=O)C=C)ccc2c1.C=COC(=O)c1ccc(OC(=O)C=C)cc1. The van der Waals surface area contributed by atoms with Gasteiger partial charge in [-0.05, 0) is 161 Å². The molecule has 0 aliphatic carbocycles. The van der Waals surface area contributed by atoms with Crippen molar-refractivity contribution in [1.29, 1.82) is 0 Å². The largest absolute Gasteiger partial charge is 0.458 e. The van der Waals surface area contributed by atoms with Crippen LogP contribution in [0.2, 0.25) is 0 Å². The first kappa shape index (κ1) is 91.7. The van der Waals surface area contributed by atoms with Crippen molar-refractivity contribution in [1.82, 2.24) is 0 Å². The van der Waals surface area contributed by atoms with E-state index < -0.39 is 71.6 Å². The summed E-state index contributed by atoms with van der Waals surface area (Å²) >= 11 is 0. The maximum absolute atomic E-state index is 12.2. The molecule has 0 aromatic heterocycles. The van der Waals surface area contributed by atoms with E-state index in [4.69, 9.17) is 52.1 Å². The van der Waals surface area contributed by atoms with Crippen LogP contribution in [0.25, 0.3) is 32.3 Å². The van der Waals surface area contributed by atoms with E-state index in [9.17, 15) is 57.5 Å². The number of fused-ring (bicyclic) bond motifs is 3. The van der Waals surface area contributed by atoms with Crippen molar-refractivity contribution in [3.63, 3.8) is 0 Å². The summed E-state index contributed by atoms with van der Waals surface area (Å²) in [6, 6.07) is 49.7. The zero-order chi connectivity index (χ0) is 84.6. The van der Waals surface area contributed by atoms with Gasteiger partial charge in [0, 0.05) is 36.0 Å². The van der Waals surface area contributed by atoms with Crippen LogP contribution in [0, 0.1) is 0 Å². The van der Waals surface area contributed by atoms with Crippen molar-refractivity contribution in [3.8, 4) is 34.5 Å². The first-order valence-electron chi connectivity index (χ1n) is 34.0. The van der Waals surface area contributed by atoms with Crippen LogP contribution < -0.4 is 28.4 Å². The van der Waals surface area contributed by atoms with Crippen LogP contribution in [0.3, 0.4) is 0 Å². The normalized spacial score (nSPS) is 9.72. The first-order chi connectivity index (χ1) is 55.3. The summed E-state index contributed by atoms with van der Waals surface area (Å²) < 4.78 is 59.4. The molecular formula is C91H80O24. The minimum absolute atomic E-state index is 0.0803. The second kappa shape index (κ2) is 50.1. The van der Waals surface area contributed by atoms with E-state index in [1.165, 1.54) is 97.1 Å². The van der Waals surface area contributed by atoms with Crippen LogP contribution >= 0.6 is 0 Å². The van der Waals surface area contributed by atoms with Crippen molar-refractivity contribution in [2.45, 2.75) is 13.8 Å². The lowest BCUT2D eigenvalue weighted by molar-refractivity contribution is -0.130. The molecule has 24 nitrogen and oxygen atoms in total. The molecule has 9 aromatic rings. The maximum atomic E-state index is 12.2. The lowest BCUT2D eigenvalue weighted by Crippen LogP contribution is -2.11. The lowest BCUT2D eigenvalue weighted by Gasteiger charge is -2.11. The van der Waals surface area contributed by atoms with Gasteiger partial charge in [-0.25, -0.2) is 57.5 Å². The Kier molecular flexibility index (Phi) is 39.9. The van der Waals surface area contributed by atoms with Gasteiger partial charge >= 0.3 is 71.6 Å². The molecule has 24 heteroatoms. The van der Waals surface area contributed by atoms with E-state index >= 15 is 0 Å².